The van der Waals surface area contributed by atoms with Gasteiger partial charge in [0.1, 0.15) is 5.82 Å². The summed E-state index contributed by atoms with van der Waals surface area (Å²) in [6, 6.07) is 12.4. The van der Waals surface area contributed by atoms with E-state index in [9.17, 15) is 4.39 Å². The fourth-order valence-electron chi connectivity index (χ4n) is 4.72. The first-order chi connectivity index (χ1) is 12.3. The van der Waals surface area contributed by atoms with Gasteiger partial charge in [-0.3, -0.25) is 0 Å². The molecule has 25 heavy (non-hydrogen) atoms. The highest BCUT2D eigenvalue weighted by molar-refractivity contribution is 7.99. The molecule has 2 aromatic carbocycles. The Labute approximate surface area is 152 Å². The number of hydrogen-bond donors (Lipinski definition) is 1. The standard InChI is InChI=1S/C21H23FN2S/c22-16-4-2-14(3-5-16)10-15-11-17-18-13-23-7-6-19(18)24-8-1-9-25-20(12-15)21(17)24/h2-5,11-12,18-19,23H,1,6-10,13H2/t18-,19-/m0/s1. The lowest BCUT2D eigenvalue weighted by molar-refractivity contribution is 0.403. The molecule has 1 saturated heterocycles. The first-order valence-corrected chi connectivity index (χ1v) is 10.3. The number of piperidine rings is 1. The molecule has 0 bridgehead atoms. The molecule has 2 atom stereocenters. The Hall–Kier alpha value is -1.52. The summed E-state index contributed by atoms with van der Waals surface area (Å²) in [5.74, 6) is 1.67. The predicted octanol–water partition coefficient (Wildman–Crippen LogP) is 4.18. The minimum Gasteiger partial charge on any atom is -0.367 e. The molecule has 4 heteroatoms. The summed E-state index contributed by atoms with van der Waals surface area (Å²) >= 11 is 2.02. The van der Waals surface area contributed by atoms with Crippen molar-refractivity contribution in [3.05, 3.63) is 58.9 Å². The number of nitrogens with one attached hydrogen (secondary N) is 1. The average molecular weight is 354 g/mol. The SMILES string of the molecule is Fc1ccc(Cc2cc3c4c(c2)[C@@H]2CNCC[C@@H]2N4CCCS3)cc1. The summed E-state index contributed by atoms with van der Waals surface area (Å²) in [5.41, 5.74) is 5.60. The van der Waals surface area contributed by atoms with E-state index in [0.29, 0.717) is 12.0 Å². The first kappa shape index (κ1) is 15.7. The van der Waals surface area contributed by atoms with E-state index in [1.54, 1.807) is 17.7 Å². The van der Waals surface area contributed by atoms with E-state index in [1.807, 2.05) is 23.9 Å². The van der Waals surface area contributed by atoms with Gasteiger partial charge in [0.05, 0.1) is 5.69 Å². The monoisotopic (exact) mass is 354 g/mol. The third-order valence-electron chi connectivity index (χ3n) is 5.82. The van der Waals surface area contributed by atoms with E-state index in [4.69, 9.17) is 0 Å². The Bertz CT molecular complexity index is 789. The molecule has 3 heterocycles. The van der Waals surface area contributed by atoms with Crippen molar-refractivity contribution >= 4 is 17.4 Å². The maximum atomic E-state index is 13.2. The van der Waals surface area contributed by atoms with Crippen LogP contribution in [-0.2, 0) is 6.42 Å². The second-order valence-electron chi connectivity index (χ2n) is 7.40. The minimum absolute atomic E-state index is 0.161. The summed E-state index contributed by atoms with van der Waals surface area (Å²) in [6.07, 6.45) is 3.39. The van der Waals surface area contributed by atoms with Gasteiger partial charge < -0.3 is 10.2 Å². The lowest BCUT2D eigenvalue weighted by Crippen LogP contribution is -2.44. The van der Waals surface area contributed by atoms with Crippen LogP contribution in [0.15, 0.2) is 41.3 Å². The molecule has 0 radical (unpaired) electrons. The highest BCUT2D eigenvalue weighted by atomic mass is 32.2. The van der Waals surface area contributed by atoms with E-state index < -0.39 is 0 Å². The van der Waals surface area contributed by atoms with Gasteiger partial charge in [-0.15, -0.1) is 11.8 Å². The molecular formula is C21H23FN2S. The van der Waals surface area contributed by atoms with Gasteiger partial charge in [0.15, 0.2) is 0 Å². The number of benzene rings is 2. The number of anilines is 1. The van der Waals surface area contributed by atoms with Crippen molar-refractivity contribution in [3.63, 3.8) is 0 Å². The molecule has 3 aliphatic heterocycles. The molecule has 0 spiro atoms. The fraction of sp³-hybridized carbons (Fsp3) is 0.429. The van der Waals surface area contributed by atoms with Gasteiger partial charge in [-0.2, -0.15) is 0 Å². The highest BCUT2D eigenvalue weighted by Crippen LogP contribution is 2.50. The van der Waals surface area contributed by atoms with Crippen molar-refractivity contribution in [2.45, 2.75) is 36.1 Å². The van der Waals surface area contributed by atoms with Crippen LogP contribution in [0.2, 0.25) is 0 Å². The summed E-state index contributed by atoms with van der Waals surface area (Å²) in [5, 5.41) is 3.60. The molecule has 0 saturated carbocycles. The third kappa shape index (κ3) is 2.76. The number of halogens is 1. The summed E-state index contributed by atoms with van der Waals surface area (Å²) < 4.78 is 13.2. The number of hydrogen-bond acceptors (Lipinski definition) is 3. The van der Waals surface area contributed by atoms with Gasteiger partial charge in [0, 0.05) is 29.9 Å². The van der Waals surface area contributed by atoms with Gasteiger partial charge in [-0.25, -0.2) is 4.39 Å². The molecular weight excluding hydrogens is 331 g/mol. The summed E-state index contributed by atoms with van der Waals surface area (Å²) in [7, 11) is 0. The zero-order valence-electron chi connectivity index (χ0n) is 14.3. The van der Waals surface area contributed by atoms with Crippen LogP contribution < -0.4 is 10.2 Å². The quantitative estimate of drug-likeness (QED) is 0.871. The maximum Gasteiger partial charge on any atom is 0.123 e. The Morgan fingerprint density at radius 2 is 2.04 bits per heavy atom. The lowest BCUT2D eigenvalue weighted by atomic mass is 9.89. The summed E-state index contributed by atoms with van der Waals surface area (Å²) in [6.45, 7) is 3.43. The molecule has 0 aliphatic carbocycles. The summed E-state index contributed by atoms with van der Waals surface area (Å²) in [4.78, 5) is 4.17. The molecule has 0 aromatic heterocycles. The fourth-order valence-corrected chi connectivity index (χ4v) is 5.82. The van der Waals surface area contributed by atoms with Gasteiger partial charge in [-0.05, 0) is 66.4 Å². The molecule has 2 nitrogen and oxygen atoms in total. The topological polar surface area (TPSA) is 15.3 Å². The van der Waals surface area contributed by atoms with Crippen molar-refractivity contribution in [2.24, 2.45) is 0 Å². The molecule has 5 rings (SSSR count). The Morgan fingerprint density at radius 1 is 1.16 bits per heavy atom. The maximum absolute atomic E-state index is 13.2. The number of thioether (sulfide) groups is 1. The van der Waals surface area contributed by atoms with Crippen LogP contribution in [0.4, 0.5) is 10.1 Å². The molecule has 0 amide bonds. The molecule has 1 N–H and O–H groups in total. The average Bonchev–Trinajstić information content (AvgIpc) is 2.79. The van der Waals surface area contributed by atoms with Crippen molar-refractivity contribution < 1.29 is 4.39 Å². The second-order valence-corrected chi connectivity index (χ2v) is 8.53. The number of rotatable bonds is 2. The van der Waals surface area contributed by atoms with Crippen molar-refractivity contribution in [3.8, 4) is 0 Å². The largest absolute Gasteiger partial charge is 0.367 e. The van der Waals surface area contributed by atoms with E-state index in [2.05, 4.69) is 22.3 Å². The van der Waals surface area contributed by atoms with Gasteiger partial charge in [0.25, 0.3) is 0 Å². The predicted molar refractivity (Wildman–Crippen MR) is 102 cm³/mol. The van der Waals surface area contributed by atoms with Crippen LogP contribution >= 0.6 is 11.8 Å². The lowest BCUT2D eigenvalue weighted by Gasteiger charge is -2.33. The van der Waals surface area contributed by atoms with Crippen molar-refractivity contribution in [2.75, 3.05) is 30.3 Å². The molecule has 2 aromatic rings. The Morgan fingerprint density at radius 3 is 2.92 bits per heavy atom. The van der Waals surface area contributed by atoms with Gasteiger partial charge in [-0.1, -0.05) is 18.2 Å². The van der Waals surface area contributed by atoms with E-state index in [0.717, 1.165) is 19.5 Å². The zero-order valence-corrected chi connectivity index (χ0v) is 15.1. The molecule has 130 valence electrons. The number of nitrogens with zero attached hydrogens (tertiary/aromatic N) is 1. The smallest absolute Gasteiger partial charge is 0.123 e. The Balaban J connectivity index is 1.55. The van der Waals surface area contributed by atoms with Crippen LogP contribution in [-0.4, -0.2) is 31.4 Å². The molecule has 0 unspecified atom stereocenters. The van der Waals surface area contributed by atoms with Crippen molar-refractivity contribution in [1.82, 2.24) is 5.32 Å². The normalized spacial score (nSPS) is 24.6. The molecule has 1 fully saturated rings. The van der Waals surface area contributed by atoms with Gasteiger partial charge in [0.2, 0.25) is 0 Å². The van der Waals surface area contributed by atoms with Crippen molar-refractivity contribution in [1.29, 1.82) is 0 Å². The van der Waals surface area contributed by atoms with Crippen LogP contribution in [0.5, 0.6) is 0 Å². The van der Waals surface area contributed by atoms with E-state index >= 15 is 0 Å². The van der Waals surface area contributed by atoms with Crippen LogP contribution in [0.3, 0.4) is 0 Å². The van der Waals surface area contributed by atoms with Crippen LogP contribution in [0.25, 0.3) is 0 Å². The zero-order chi connectivity index (χ0) is 16.8. The third-order valence-corrected chi connectivity index (χ3v) is 6.93. The number of fused-ring (bicyclic) bond motifs is 3. The van der Waals surface area contributed by atoms with Crippen LogP contribution in [0, 0.1) is 5.82 Å². The second kappa shape index (κ2) is 6.33. The highest BCUT2D eigenvalue weighted by Gasteiger charge is 2.41. The minimum atomic E-state index is -0.161. The van der Waals surface area contributed by atoms with Crippen LogP contribution in [0.1, 0.15) is 35.4 Å². The Kier molecular flexibility index (Phi) is 3.98. The molecule has 3 aliphatic rings. The van der Waals surface area contributed by atoms with E-state index in [-0.39, 0.29) is 5.82 Å². The first-order valence-electron chi connectivity index (χ1n) is 9.31. The van der Waals surface area contributed by atoms with E-state index in [1.165, 1.54) is 46.8 Å². The van der Waals surface area contributed by atoms with Gasteiger partial charge >= 0.3 is 0 Å².